The Balaban J connectivity index is 0.000000355. The molecule has 0 aliphatic carbocycles. The Morgan fingerprint density at radius 3 is 1.51 bits per heavy atom. The second-order valence-corrected chi connectivity index (χ2v) is 11.3. The molecule has 11 heteroatoms. The summed E-state index contributed by atoms with van der Waals surface area (Å²) >= 11 is 0. The smallest absolute Gasteiger partial charge is 0.411 e. The molecule has 0 unspecified atom stereocenters. The molecule has 0 aromatic carbocycles. The molecule has 0 saturated carbocycles. The minimum Gasteiger partial charge on any atom is -0.480 e. The summed E-state index contributed by atoms with van der Waals surface area (Å²) in [5.74, 6) is -0.715. The van der Waals surface area contributed by atoms with E-state index in [-0.39, 0.29) is 17.7 Å². The Bertz CT molecular complexity index is 774. The summed E-state index contributed by atoms with van der Waals surface area (Å²) < 4.78 is 10.5. The van der Waals surface area contributed by atoms with Crippen LogP contribution in [0.2, 0.25) is 0 Å². The lowest BCUT2D eigenvalue weighted by Crippen LogP contribution is -2.47. The van der Waals surface area contributed by atoms with Gasteiger partial charge in [0.05, 0.1) is 7.11 Å². The van der Waals surface area contributed by atoms with E-state index >= 15 is 0 Å². The Morgan fingerprint density at radius 1 is 0.800 bits per heavy atom. The summed E-state index contributed by atoms with van der Waals surface area (Å²) in [6, 6.07) is -1.25. The molecule has 1 N–H and O–H groups in total. The van der Waals surface area contributed by atoms with Crippen LogP contribution in [0, 0.1) is 11.8 Å². The third-order valence-corrected chi connectivity index (χ3v) is 5.43. The molecule has 2 heterocycles. The largest absolute Gasteiger partial charge is 0.480 e. The number of aliphatic carboxylic acids is 1. The highest BCUT2D eigenvalue weighted by Crippen LogP contribution is 2.27. The first kappa shape index (κ1) is 30.5. The number of carboxylic acid groups (broad SMARTS) is 1. The van der Waals surface area contributed by atoms with Crippen molar-refractivity contribution in [1.29, 1.82) is 0 Å². The molecule has 35 heavy (non-hydrogen) atoms. The van der Waals surface area contributed by atoms with Gasteiger partial charge in [-0.3, -0.25) is 19.4 Å². The van der Waals surface area contributed by atoms with E-state index in [9.17, 15) is 19.2 Å². The van der Waals surface area contributed by atoms with Crippen molar-refractivity contribution in [3.8, 4) is 0 Å². The lowest BCUT2D eigenvalue weighted by Gasteiger charge is -2.29. The SMILES string of the molecule is CON(C)C(=O)[C@H]1C[C@H](C)CN1C(=O)OC(C)(C)C.C[C@H]1C[C@H](C(=O)O)N(C(=O)OC(C)(C)C)C1. The summed E-state index contributed by atoms with van der Waals surface area (Å²) in [5, 5.41) is 10.2. The summed E-state index contributed by atoms with van der Waals surface area (Å²) in [4.78, 5) is 54.7. The van der Waals surface area contributed by atoms with Crippen LogP contribution in [-0.4, -0.2) is 94.6 Å². The molecule has 4 atom stereocenters. The first-order chi connectivity index (χ1) is 15.9. The monoisotopic (exact) mass is 501 g/mol. The van der Waals surface area contributed by atoms with Crippen LogP contribution in [0.25, 0.3) is 0 Å². The number of hydrogen-bond acceptors (Lipinski definition) is 7. The van der Waals surface area contributed by atoms with E-state index < -0.39 is 41.4 Å². The van der Waals surface area contributed by atoms with Gasteiger partial charge in [-0.15, -0.1) is 0 Å². The van der Waals surface area contributed by atoms with Crippen LogP contribution in [0.15, 0.2) is 0 Å². The molecular weight excluding hydrogens is 458 g/mol. The molecule has 11 nitrogen and oxygen atoms in total. The van der Waals surface area contributed by atoms with E-state index in [2.05, 4.69) is 0 Å². The highest BCUT2D eigenvalue weighted by Gasteiger charge is 2.41. The Labute approximate surface area is 208 Å². The number of nitrogens with zero attached hydrogens (tertiary/aromatic N) is 3. The fraction of sp³-hybridized carbons (Fsp3) is 0.833. The summed E-state index contributed by atoms with van der Waals surface area (Å²) in [5.41, 5.74) is -1.16. The molecule has 2 fully saturated rings. The van der Waals surface area contributed by atoms with Crippen LogP contribution in [0.5, 0.6) is 0 Å². The minimum atomic E-state index is -0.963. The van der Waals surface area contributed by atoms with Gasteiger partial charge in [0.25, 0.3) is 5.91 Å². The molecule has 0 aromatic heterocycles. The second-order valence-electron chi connectivity index (χ2n) is 11.3. The van der Waals surface area contributed by atoms with E-state index in [0.29, 0.717) is 25.9 Å². The van der Waals surface area contributed by atoms with Gasteiger partial charge in [0, 0.05) is 20.1 Å². The van der Waals surface area contributed by atoms with Crippen LogP contribution in [0.4, 0.5) is 9.59 Å². The molecule has 2 aliphatic heterocycles. The molecule has 2 rings (SSSR count). The number of carboxylic acids is 1. The molecule has 202 valence electrons. The zero-order valence-electron chi connectivity index (χ0n) is 22.8. The van der Waals surface area contributed by atoms with Gasteiger partial charge in [-0.05, 0) is 66.2 Å². The lowest BCUT2D eigenvalue weighted by atomic mass is 10.1. The molecule has 0 aromatic rings. The van der Waals surface area contributed by atoms with E-state index in [0.717, 1.165) is 5.06 Å². The number of carbonyl (C=O) groups is 4. The van der Waals surface area contributed by atoms with Crippen molar-refractivity contribution < 1.29 is 38.6 Å². The fourth-order valence-electron chi connectivity index (χ4n) is 3.90. The predicted molar refractivity (Wildman–Crippen MR) is 128 cm³/mol. The number of hydroxylamine groups is 2. The topological polar surface area (TPSA) is 126 Å². The summed E-state index contributed by atoms with van der Waals surface area (Å²) in [6.07, 6.45) is 0.143. The van der Waals surface area contributed by atoms with Crippen molar-refractivity contribution in [2.45, 2.75) is 91.5 Å². The zero-order valence-corrected chi connectivity index (χ0v) is 22.8. The van der Waals surface area contributed by atoms with Gasteiger partial charge in [-0.2, -0.15) is 0 Å². The second kappa shape index (κ2) is 11.9. The van der Waals surface area contributed by atoms with Gasteiger partial charge < -0.3 is 14.6 Å². The van der Waals surface area contributed by atoms with Crippen molar-refractivity contribution >= 4 is 24.1 Å². The quantitative estimate of drug-likeness (QED) is 0.584. The van der Waals surface area contributed by atoms with Crippen LogP contribution < -0.4 is 0 Å². The van der Waals surface area contributed by atoms with Gasteiger partial charge in [0.15, 0.2) is 0 Å². The molecule has 2 aliphatic rings. The molecular formula is C24H43N3O8. The summed E-state index contributed by atoms with van der Waals surface area (Å²) in [6.45, 7) is 15.6. The van der Waals surface area contributed by atoms with E-state index in [1.54, 1.807) is 27.8 Å². The van der Waals surface area contributed by atoms with Gasteiger partial charge >= 0.3 is 18.2 Å². The predicted octanol–water partition coefficient (Wildman–Crippen LogP) is 3.37. The minimum absolute atomic E-state index is 0.202. The van der Waals surface area contributed by atoms with Crippen LogP contribution >= 0.6 is 0 Å². The highest BCUT2D eigenvalue weighted by atomic mass is 16.7. The molecule has 0 radical (unpaired) electrons. The Kier molecular flexibility index (Phi) is 10.4. The van der Waals surface area contributed by atoms with E-state index in [4.69, 9.17) is 19.4 Å². The van der Waals surface area contributed by atoms with Crippen molar-refractivity contribution in [3.63, 3.8) is 0 Å². The van der Waals surface area contributed by atoms with E-state index in [1.165, 1.54) is 16.9 Å². The maximum Gasteiger partial charge on any atom is 0.411 e. The van der Waals surface area contributed by atoms with Gasteiger partial charge in [0.2, 0.25) is 0 Å². The van der Waals surface area contributed by atoms with Gasteiger partial charge in [0.1, 0.15) is 23.3 Å². The molecule has 0 spiro atoms. The first-order valence-electron chi connectivity index (χ1n) is 11.9. The number of hydrogen-bond donors (Lipinski definition) is 1. The maximum absolute atomic E-state index is 12.2. The van der Waals surface area contributed by atoms with Crippen molar-refractivity contribution in [2.24, 2.45) is 11.8 Å². The zero-order chi connectivity index (χ0) is 27.3. The highest BCUT2D eigenvalue weighted by molar-refractivity contribution is 5.85. The number of rotatable bonds is 3. The standard InChI is InChI=1S/C13H24N2O4.C11H19NO4/c1-9-7-10(11(16)14(5)18-6)15(8-9)12(17)19-13(2,3)4;1-7-5-8(9(13)14)12(6-7)10(15)16-11(2,3)4/h9-10H,7-8H2,1-6H3;7-8H,5-6H2,1-4H3,(H,13,14)/t9-,10+;7-,8+/m00/s1. The van der Waals surface area contributed by atoms with Crippen molar-refractivity contribution in [3.05, 3.63) is 0 Å². The van der Waals surface area contributed by atoms with Gasteiger partial charge in [-0.25, -0.2) is 19.4 Å². The molecule has 3 amide bonds. The van der Waals surface area contributed by atoms with Crippen LogP contribution in [0.3, 0.4) is 0 Å². The van der Waals surface area contributed by atoms with Crippen LogP contribution in [0.1, 0.15) is 68.2 Å². The summed E-state index contributed by atoms with van der Waals surface area (Å²) in [7, 11) is 2.96. The van der Waals surface area contributed by atoms with Crippen molar-refractivity contribution in [1.82, 2.24) is 14.9 Å². The maximum atomic E-state index is 12.2. The number of ether oxygens (including phenoxy) is 2. The normalized spacial score (nSPS) is 24.4. The van der Waals surface area contributed by atoms with E-state index in [1.807, 2.05) is 34.6 Å². The number of likely N-dealkylation sites (N-methyl/N-ethyl adjacent to an activating group) is 1. The van der Waals surface area contributed by atoms with Crippen molar-refractivity contribution in [2.75, 3.05) is 27.2 Å². The average molecular weight is 502 g/mol. The third-order valence-electron chi connectivity index (χ3n) is 5.43. The fourth-order valence-corrected chi connectivity index (χ4v) is 3.90. The number of amides is 3. The van der Waals surface area contributed by atoms with Gasteiger partial charge in [-0.1, -0.05) is 13.8 Å². The lowest BCUT2D eigenvalue weighted by molar-refractivity contribution is -0.173. The first-order valence-corrected chi connectivity index (χ1v) is 11.9. The number of carbonyl (C=O) groups excluding carboxylic acids is 3. The number of likely N-dealkylation sites (tertiary alicyclic amines) is 2. The van der Waals surface area contributed by atoms with Crippen LogP contribution in [-0.2, 0) is 23.9 Å². The third kappa shape index (κ3) is 9.54. The molecule has 2 saturated heterocycles. The Hall–Kier alpha value is -2.56. The Morgan fingerprint density at radius 2 is 1.17 bits per heavy atom. The molecule has 0 bridgehead atoms. The average Bonchev–Trinajstić information content (AvgIpc) is 3.27.